The van der Waals surface area contributed by atoms with Crippen LogP contribution in [0, 0.1) is 0 Å². The lowest BCUT2D eigenvalue weighted by Crippen LogP contribution is -2.52. The van der Waals surface area contributed by atoms with Gasteiger partial charge in [-0.05, 0) is 50.3 Å². The van der Waals surface area contributed by atoms with Gasteiger partial charge in [0.15, 0.2) is 11.8 Å². The monoisotopic (exact) mass is 383 g/mol. The molecule has 0 bridgehead atoms. The van der Waals surface area contributed by atoms with E-state index in [0.717, 1.165) is 42.6 Å². The van der Waals surface area contributed by atoms with Gasteiger partial charge in [0, 0.05) is 17.8 Å². The van der Waals surface area contributed by atoms with Gasteiger partial charge in [0.25, 0.3) is 5.91 Å². The maximum atomic E-state index is 13.2. The van der Waals surface area contributed by atoms with Crippen LogP contribution in [-0.4, -0.2) is 57.0 Å². The van der Waals surface area contributed by atoms with Crippen LogP contribution in [0.2, 0.25) is 0 Å². The highest BCUT2D eigenvalue weighted by molar-refractivity contribution is 5.95. The van der Waals surface area contributed by atoms with E-state index in [9.17, 15) is 14.7 Å². The minimum Gasteiger partial charge on any atom is -0.479 e. The zero-order valence-electron chi connectivity index (χ0n) is 16.2. The molecule has 7 heteroatoms. The van der Waals surface area contributed by atoms with Crippen LogP contribution in [0.3, 0.4) is 0 Å². The molecule has 1 saturated heterocycles. The highest BCUT2D eigenvalue weighted by Crippen LogP contribution is 2.29. The summed E-state index contributed by atoms with van der Waals surface area (Å²) in [6.45, 7) is 4.32. The van der Waals surface area contributed by atoms with Crippen LogP contribution < -0.4 is 0 Å². The van der Waals surface area contributed by atoms with E-state index in [1.54, 1.807) is 11.8 Å². The van der Waals surface area contributed by atoms with Crippen LogP contribution in [0.1, 0.15) is 47.6 Å². The summed E-state index contributed by atoms with van der Waals surface area (Å²) in [5, 5.41) is 14.0. The maximum absolute atomic E-state index is 13.2. The van der Waals surface area contributed by atoms with Gasteiger partial charge in [-0.15, -0.1) is 0 Å². The number of aliphatic carboxylic acids is 1. The molecular weight excluding hydrogens is 358 g/mol. The molecule has 1 N–H and O–H groups in total. The van der Waals surface area contributed by atoms with E-state index in [0.29, 0.717) is 12.2 Å². The molecule has 148 valence electrons. The minimum atomic E-state index is -1.05. The molecule has 7 nitrogen and oxygen atoms in total. The predicted molar refractivity (Wildman–Crippen MR) is 103 cm³/mol. The van der Waals surface area contributed by atoms with Gasteiger partial charge in [0.05, 0.1) is 18.3 Å². The highest BCUT2D eigenvalue weighted by atomic mass is 16.5. The normalized spacial score (nSPS) is 21.6. The molecule has 1 aromatic heterocycles. The lowest BCUT2D eigenvalue weighted by molar-refractivity contribution is -0.160. The van der Waals surface area contributed by atoms with Crippen molar-refractivity contribution in [2.24, 2.45) is 0 Å². The van der Waals surface area contributed by atoms with Crippen LogP contribution in [0.4, 0.5) is 0 Å². The van der Waals surface area contributed by atoms with E-state index in [2.05, 4.69) is 24.2 Å². The Bertz CT molecular complexity index is 903. The van der Waals surface area contributed by atoms with Gasteiger partial charge in [-0.3, -0.25) is 4.79 Å². The number of ether oxygens (including phenoxy) is 1. The van der Waals surface area contributed by atoms with Crippen molar-refractivity contribution in [2.75, 3.05) is 13.1 Å². The first-order chi connectivity index (χ1) is 13.5. The van der Waals surface area contributed by atoms with Crippen molar-refractivity contribution >= 4 is 11.9 Å². The Morgan fingerprint density at radius 1 is 1.21 bits per heavy atom. The number of rotatable bonds is 4. The standard InChI is InChI=1S/C21H25N3O4/c1-3-14-7-9-15(10-8-14)24-17-6-4-5-16(17)19(22-24)20(25)23-11-13(2)28-18(12-23)21(26)27/h7-10,13,18H,3-6,11-12H2,1-2H3,(H,26,27)/t13-,18?/m1/s1. The number of carbonyl (C=O) groups excluding carboxylic acids is 1. The highest BCUT2D eigenvalue weighted by Gasteiger charge is 2.36. The fourth-order valence-electron chi connectivity index (χ4n) is 4.10. The van der Waals surface area contributed by atoms with Gasteiger partial charge in [-0.2, -0.15) is 5.10 Å². The van der Waals surface area contributed by atoms with E-state index in [1.807, 2.05) is 16.8 Å². The van der Waals surface area contributed by atoms with E-state index >= 15 is 0 Å². The summed E-state index contributed by atoms with van der Waals surface area (Å²) in [6.07, 6.45) is 2.37. The summed E-state index contributed by atoms with van der Waals surface area (Å²) in [5.74, 6) is -1.25. The molecule has 4 rings (SSSR count). The Balaban J connectivity index is 1.66. The molecule has 28 heavy (non-hydrogen) atoms. The SMILES string of the molecule is CCc1ccc(-n2nc(C(=O)N3CC(C(=O)O)O[C@H](C)C3)c3c2CCC3)cc1. The number of hydrogen-bond donors (Lipinski definition) is 1. The maximum Gasteiger partial charge on any atom is 0.334 e. The Morgan fingerprint density at radius 2 is 1.96 bits per heavy atom. The molecule has 1 unspecified atom stereocenters. The molecule has 0 saturated carbocycles. The molecule has 2 atom stereocenters. The van der Waals surface area contributed by atoms with Gasteiger partial charge in [0.1, 0.15) is 0 Å². The van der Waals surface area contributed by atoms with Crippen molar-refractivity contribution < 1.29 is 19.4 Å². The van der Waals surface area contributed by atoms with Crippen molar-refractivity contribution in [2.45, 2.75) is 51.7 Å². The third-order valence-electron chi connectivity index (χ3n) is 5.54. The number of aromatic nitrogens is 2. The summed E-state index contributed by atoms with van der Waals surface area (Å²) in [5.41, 5.74) is 4.74. The molecule has 1 fully saturated rings. The quantitative estimate of drug-likeness (QED) is 0.875. The molecular formula is C21H25N3O4. The number of carboxylic acids is 1. The molecule has 2 aliphatic rings. The van der Waals surface area contributed by atoms with Gasteiger partial charge >= 0.3 is 5.97 Å². The molecule has 2 heterocycles. The average Bonchev–Trinajstić information content (AvgIpc) is 3.30. The molecule has 1 amide bonds. The van der Waals surface area contributed by atoms with Crippen LogP contribution in [0.25, 0.3) is 5.69 Å². The smallest absolute Gasteiger partial charge is 0.334 e. The number of carboxylic acid groups (broad SMARTS) is 1. The third-order valence-corrected chi connectivity index (χ3v) is 5.54. The first-order valence-corrected chi connectivity index (χ1v) is 9.85. The number of nitrogens with zero attached hydrogens (tertiary/aromatic N) is 3. The molecule has 2 aromatic rings. The first-order valence-electron chi connectivity index (χ1n) is 9.85. The van der Waals surface area contributed by atoms with Crippen LogP contribution in [0.5, 0.6) is 0 Å². The number of aryl methyl sites for hydroxylation is 1. The Labute approximate surface area is 163 Å². The summed E-state index contributed by atoms with van der Waals surface area (Å²) in [4.78, 5) is 26.1. The van der Waals surface area contributed by atoms with Gasteiger partial charge < -0.3 is 14.7 Å². The number of morpholine rings is 1. The largest absolute Gasteiger partial charge is 0.479 e. The van der Waals surface area contributed by atoms with E-state index in [-0.39, 0.29) is 18.6 Å². The molecule has 0 radical (unpaired) electrons. The lowest BCUT2D eigenvalue weighted by atomic mass is 10.1. The van der Waals surface area contributed by atoms with Gasteiger partial charge in [-0.1, -0.05) is 19.1 Å². The fraction of sp³-hybridized carbons (Fsp3) is 0.476. The topological polar surface area (TPSA) is 84.7 Å². The summed E-state index contributed by atoms with van der Waals surface area (Å²) < 4.78 is 7.32. The van der Waals surface area contributed by atoms with Crippen molar-refractivity contribution in [3.05, 3.63) is 46.8 Å². The lowest BCUT2D eigenvalue weighted by Gasteiger charge is -2.34. The van der Waals surface area contributed by atoms with Crippen LogP contribution in [0.15, 0.2) is 24.3 Å². The zero-order chi connectivity index (χ0) is 19.8. The van der Waals surface area contributed by atoms with Gasteiger partial charge in [-0.25, -0.2) is 9.48 Å². The summed E-state index contributed by atoms with van der Waals surface area (Å²) in [6, 6.07) is 8.24. The number of hydrogen-bond acceptors (Lipinski definition) is 4. The Morgan fingerprint density at radius 3 is 2.64 bits per heavy atom. The zero-order valence-corrected chi connectivity index (χ0v) is 16.2. The Hall–Kier alpha value is -2.67. The van der Waals surface area contributed by atoms with Crippen molar-refractivity contribution in [1.29, 1.82) is 0 Å². The summed E-state index contributed by atoms with van der Waals surface area (Å²) in [7, 11) is 0. The van der Waals surface area contributed by atoms with Crippen molar-refractivity contribution in [3.63, 3.8) is 0 Å². The second kappa shape index (κ2) is 7.39. The molecule has 0 spiro atoms. The van der Waals surface area contributed by atoms with Crippen LogP contribution >= 0.6 is 0 Å². The average molecular weight is 383 g/mol. The second-order valence-electron chi connectivity index (χ2n) is 7.54. The predicted octanol–water partition coefficient (Wildman–Crippen LogP) is 2.24. The van der Waals surface area contributed by atoms with Crippen molar-refractivity contribution in [1.82, 2.24) is 14.7 Å². The number of fused-ring (bicyclic) bond motifs is 1. The first kappa shape index (κ1) is 18.7. The molecule has 1 aromatic carbocycles. The van der Waals surface area contributed by atoms with Gasteiger partial charge in [0.2, 0.25) is 0 Å². The molecule has 1 aliphatic heterocycles. The number of benzene rings is 1. The van der Waals surface area contributed by atoms with Crippen LogP contribution in [-0.2, 0) is 28.8 Å². The Kier molecular flexibility index (Phi) is 4.93. The van der Waals surface area contributed by atoms with Crippen molar-refractivity contribution in [3.8, 4) is 5.69 Å². The minimum absolute atomic E-state index is 0.0470. The van der Waals surface area contributed by atoms with E-state index in [4.69, 9.17) is 4.74 Å². The molecule has 1 aliphatic carbocycles. The third kappa shape index (κ3) is 3.30. The second-order valence-corrected chi connectivity index (χ2v) is 7.54. The summed E-state index contributed by atoms with van der Waals surface area (Å²) >= 11 is 0. The fourth-order valence-corrected chi connectivity index (χ4v) is 4.10. The number of carbonyl (C=O) groups is 2. The van der Waals surface area contributed by atoms with E-state index in [1.165, 1.54) is 5.56 Å². The number of amides is 1. The van der Waals surface area contributed by atoms with E-state index < -0.39 is 12.1 Å².